The summed E-state index contributed by atoms with van der Waals surface area (Å²) in [6.45, 7) is 2.88. The van der Waals surface area contributed by atoms with Gasteiger partial charge in [0.25, 0.3) is 0 Å². The molecule has 0 bridgehead atoms. The van der Waals surface area contributed by atoms with Crippen LogP contribution in [0.15, 0.2) is 18.2 Å². The van der Waals surface area contributed by atoms with Crippen LogP contribution in [-0.4, -0.2) is 47.4 Å². The van der Waals surface area contributed by atoms with Crippen LogP contribution in [0.2, 0.25) is 0 Å². The summed E-state index contributed by atoms with van der Waals surface area (Å²) in [5.41, 5.74) is 7.31. The Morgan fingerprint density at radius 3 is 3.00 bits per heavy atom. The fourth-order valence-electron chi connectivity index (χ4n) is 1.69. The number of nitrogens with zero attached hydrogens (tertiary/aromatic N) is 2. The number of hydrogen-bond donors (Lipinski definition) is 2. The van der Waals surface area contributed by atoms with Crippen LogP contribution in [-0.2, 0) is 4.79 Å². The van der Waals surface area contributed by atoms with E-state index >= 15 is 0 Å². The van der Waals surface area contributed by atoms with E-state index in [4.69, 9.17) is 5.73 Å². The Hall–Kier alpha value is -1.31. The second-order valence-electron chi connectivity index (χ2n) is 5.05. The number of benzene rings is 1. The van der Waals surface area contributed by atoms with Gasteiger partial charge in [0, 0.05) is 18.0 Å². The smallest absolute Gasteiger partial charge is 0.238 e. The van der Waals surface area contributed by atoms with Crippen molar-refractivity contribution in [3.8, 4) is 0 Å². The lowest BCUT2D eigenvalue weighted by molar-refractivity contribution is -0.115. The molecule has 1 heterocycles. The van der Waals surface area contributed by atoms with Crippen LogP contribution in [0, 0.1) is 0 Å². The molecule has 1 atom stereocenters. The highest BCUT2D eigenvalue weighted by Gasteiger charge is 2.15. The second kappa shape index (κ2) is 7.11. The monoisotopic (exact) mass is 324 g/mol. The molecule has 114 valence electrons. The summed E-state index contributed by atoms with van der Waals surface area (Å²) in [7, 11) is 4.05. The SMILES string of the molecule is CC(SCCN(C)C)C(=O)Nc1nc2ccc(N)cc2s1. The molecule has 7 heteroatoms. The van der Waals surface area contributed by atoms with Crippen LogP contribution in [0.25, 0.3) is 10.2 Å². The number of hydrogen-bond acceptors (Lipinski definition) is 6. The Kier molecular flexibility index (Phi) is 5.44. The van der Waals surface area contributed by atoms with E-state index in [0.717, 1.165) is 22.5 Å². The molecule has 0 fully saturated rings. The highest BCUT2D eigenvalue weighted by Crippen LogP contribution is 2.28. The number of thiazole rings is 1. The number of thioether (sulfide) groups is 1. The number of aromatic nitrogens is 1. The number of nitrogens with one attached hydrogen (secondary N) is 1. The molecule has 0 saturated carbocycles. The van der Waals surface area contributed by atoms with Gasteiger partial charge in [0.15, 0.2) is 5.13 Å². The zero-order valence-electron chi connectivity index (χ0n) is 12.4. The van der Waals surface area contributed by atoms with Crippen molar-refractivity contribution in [3.05, 3.63) is 18.2 Å². The van der Waals surface area contributed by atoms with Crippen LogP contribution in [0.3, 0.4) is 0 Å². The Balaban J connectivity index is 1.94. The first-order chi connectivity index (χ1) is 9.95. The number of amides is 1. The molecule has 21 heavy (non-hydrogen) atoms. The molecule has 0 saturated heterocycles. The number of rotatable bonds is 6. The fourth-order valence-corrected chi connectivity index (χ4v) is 3.64. The first-order valence-corrected chi connectivity index (χ1v) is 8.55. The maximum Gasteiger partial charge on any atom is 0.238 e. The van der Waals surface area contributed by atoms with Crippen molar-refractivity contribution in [3.63, 3.8) is 0 Å². The van der Waals surface area contributed by atoms with E-state index in [9.17, 15) is 4.79 Å². The van der Waals surface area contributed by atoms with Gasteiger partial charge in [-0.15, -0.1) is 11.8 Å². The van der Waals surface area contributed by atoms with Crippen molar-refractivity contribution < 1.29 is 4.79 Å². The highest BCUT2D eigenvalue weighted by atomic mass is 32.2. The lowest BCUT2D eigenvalue weighted by Crippen LogP contribution is -2.24. The topological polar surface area (TPSA) is 71.2 Å². The molecule has 0 aliphatic heterocycles. The molecule has 0 radical (unpaired) electrons. The van der Waals surface area contributed by atoms with Crippen molar-refractivity contribution in [2.24, 2.45) is 0 Å². The van der Waals surface area contributed by atoms with E-state index in [-0.39, 0.29) is 11.2 Å². The van der Waals surface area contributed by atoms with Gasteiger partial charge in [-0.05, 0) is 39.2 Å². The summed E-state index contributed by atoms with van der Waals surface area (Å²) in [5, 5.41) is 3.41. The van der Waals surface area contributed by atoms with Gasteiger partial charge in [-0.1, -0.05) is 11.3 Å². The Morgan fingerprint density at radius 2 is 2.29 bits per heavy atom. The molecule has 1 aromatic carbocycles. The summed E-state index contributed by atoms with van der Waals surface area (Å²) in [4.78, 5) is 18.6. The van der Waals surface area contributed by atoms with Gasteiger partial charge in [-0.25, -0.2) is 4.98 Å². The summed E-state index contributed by atoms with van der Waals surface area (Å²) in [6.07, 6.45) is 0. The minimum Gasteiger partial charge on any atom is -0.399 e. The third-order valence-electron chi connectivity index (χ3n) is 2.92. The maximum atomic E-state index is 12.1. The van der Waals surface area contributed by atoms with Gasteiger partial charge >= 0.3 is 0 Å². The van der Waals surface area contributed by atoms with E-state index in [1.165, 1.54) is 11.3 Å². The van der Waals surface area contributed by atoms with Gasteiger partial charge in [0.2, 0.25) is 5.91 Å². The number of nitrogen functional groups attached to an aromatic ring is 1. The number of fused-ring (bicyclic) bond motifs is 1. The zero-order valence-corrected chi connectivity index (χ0v) is 14.1. The van der Waals surface area contributed by atoms with Gasteiger partial charge in [-0.3, -0.25) is 4.79 Å². The molecule has 3 N–H and O–H groups in total. The van der Waals surface area contributed by atoms with Crippen molar-refractivity contribution in [1.29, 1.82) is 0 Å². The van der Waals surface area contributed by atoms with Gasteiger partial charge < -0.3 is 16.0 Å². The van der Waals surface area contributed by atoms with Gasteiger partial charge in [0.1, 0.15) is 0 Å². The molecule has 1 amide bonds. The van der Waals surface area contributed by atoms with Crippen molar-refractivity contribution >= 4 is 50.0 Å². The highest BCUT2D eigenvalue weighted by molar-refractivity contribution is 8.00. The molecule has 0 aliphatic carbocycles. The average Bonchev–Trinajstić information content (AvgIpc) is 2.79. The normalized spacial score (nSPS) is 12.8. The Labute approximate surface area is 132 Å². The van der Waals surface area contributed by atoms with Crippen LogP contribution >= 0.6 is 23.1 Å². The largest absolute Gasteiger partial charge is 0.399 e. The van der Waals surface area contributed by atoms with Crippen molar-refractivity contribution in [2.75, 3.05) is 37.4 Å². The summed E-state index contributed by atoms with van der Waals surface area (Å²) in [6, 6.07) is 5.55. The van der Waals surface area contributed by atoms with Crippen LogP contribution in [0.5, 0.6) is 0 Å². The molecule has 0 spiro atoms. The number of carbonyl (C=O) groups is 1. The number of nitrogens with two attached hydrogens (primary N) is 1. The van der Waals surface area contributed by atoms with Gasteiger partial charge in [0.05, 0.1) is 15.5 Å². The second-order valence-corrected chi connectivity index (χ2v) is 7.53. The zero-order chi connectivity index (χ0) is 15.4. The lowest BCUT2D eigenvalue weighted by Gasteiger charge is -2.13. The predicted octanol–water partition coefficient (Wildman–Crippen LogP) is 2.50. The Morgan fingerprint density at radius 1 is 1.52 bits per heavy atom. The number of anilines is 2. The molecule has 1 aromatic heterocycles. The molecule has 0 aliphatic rings. The molecule has 2 aromatic rings. The number of carbonyl (C=O) groups excluding carboxylic acids is 1. The molecule has 5 nitrogen and oxygen atoms in total. The predicted molar refractivity (Wildman–Crippen MR) is 93.1 cm³/mol. The average molecular weight is 324 g/mol. The van der Waals surface area contributed by atoms with E-state index < -0.39 is 0 Å². The van der Waals surface area contributed by atoms with Crippen LogP contribution < -0.4 is 11.1 Å². The fraction of sp³-hybridized carbons (Fsp3) is 0.429. The first kappa shape index (κ1) is 16.1. The minimum absolute atomic E-state index is 0.00853. The van der Waals surface area contributed by atoms with E-state index in [2.05, 4.69) is 15.2 Å². The molecular formula is C14H20N4OS2. The lowest BCUT2D eigenvalue weighted by atomic mass is 10.3. The minimum atomic E-state index is -0.0953. The van der Waals surface area contributed by atoms with Crippen LogP contribution in [0.4, 0.5) is 10.8 Å². The summed E-state index contributed by atoms with van der Waals surface area (Å²) in [5.74, 6) is 0.920. The molecule has 1 unspecified atom stereocenters. The third-order valence-corrected chi connectivity index (χ3v) is 4.98. The maximum absolute atomic E-state index is 12.1. The van der Waals surface area contributed by atoms with Gasteiger partial charge in [-0.2, -0.15) is 0 Å². The Bertz CT molecular complexity index is 626. The van der Waals surface area contributed by atoms with E-state index in [1.54, 1.807) is 11.8 Å². The standard InChI is InChI=1S/C14H20N4OS2/c1-9(20-7-6-18(2)3)13(19)17-14-16-11-5-4-10(15)8-12(11)21-14/h4-5,8-9H,6-7,15H2,1-3H3,(H,16,17,19). The van der Waals surface area contributed by atoms with Crippen LogP contribution in [0.1, 0.15) is 6.92 Å². The summed E-state index contributed by atoms with van der Waals surface area (Å²) >= 11 is 3.09. The third kappa shape index (κ3) is 4.59. The summed E-state index contributed by atoms with van der Waals surface area (Å²) < 4.78 is 0.984. The first-order valence-electron chi connectivity index (χ1n) is 6.69. The molecular weight excluding hydrogens is 304 g/mol. The quantitative estimate of drug-likeness (QED) is 0.799. The molecule has 2 rings (SSSR count). The van der Waals surface area contributed by atoms with E-state index in [1.807, 2.05) is 39.2 Å². The van der Waals surface area contributed by atoms with Crippen molar-refractivity contribution in [2.45, 2.75) is 12.2 Å². The van der Waals surface area contributed by atoms with E-state index in [0.29, 0.717) is 10.8 Å². The van der Waals surface area contributed by atoms with Crippen molar-refractivity contribution in [1.82, 2.24) is 9.88 Å².